The molecule has 1 spiro atoms. The molecular formula is C16H22ClNO. The molecule has 1 atom stereocenters. The Kier molecular flexibility index (Phi) is 3.84. The Labute approximate surface area is 120 Å². The lowest BCUT2D eigenvalue weighted by molar-refractivity contribution is -0.140. The molecule has 2 nitrogen and oxygen atoms in total. The fourth-order valence-electron chi connectivity index (χ4n) is 3.26. The van der Waals surface area contributed by atoms with Crippen molar-refractivity contribution < 1.29 is 4.74 Å². The van der Waals surface area contributed by atoms with E-state index in [9.17, 15) is 0 Å². The van der Waals surface area contributed by atoms with Gasteiger partial charge in [-0.15, -0.1) is 0 Å². The molecule has 1 unspecified atom stereocenters. The highest BCUT2D eigenvalue weighted by atomic mass is 35.5. The molecule has 1 aromatic rings. The van der Waals surface area contributed by atoms with Crippen LogP contribution in [0.3, 0.4) is 0 Å². The van der Waals surface area contributed by atoms with E-state index in [-0.39, 0.29) is 11.7 Å². The van der Waals surface area contributed by atoms with Crippen LogP contribution in [0.25, 0.3) is 0 Å². The van der Waals surface area contributed by atoms with Crippen LogP contribution in [-0.2, 0) is 4.74 Å². The summed E-state index contributed by atoms with van der Waals surface area (Å²) >= 11 is 5.95. The molecule has 1 saturated heterocycles. The molecule has 1 saturated carbocycles. The van der Waals surface area contributed by atoms with Crippen LogP contribution in [0.15, 0.2) is 24.3 Å². The predicted molar refractivity (Wildman–Crippen MR) is 78.5 cm³/mol. The summed E-state index contributed by atoms with van der Waals surface area (Å²) < 4.78 is 6.48. The molecule has 1 heterocycles. The molecule has 0 aromatic heterocycles. The molecule has 104 valence electrons. The Morgan fingerprint density at radius 2 is 1.89 bits per heavy atom. The van der Waals surface area contributed by atoms with Crippen molar-refractivity contribution in [2.45, 2.75) is 44.3 Å². The second-order valence-electron chi connectivity index (χ2n) is 6.15. The molecule has 2 fully saturated rings. The van der Waals surface area contributed by atoms with Gasteiger partial charge < -0.3 is 10.1 Å². The first kappa shape index (κ1) is 13.4. The molecule has 0 radical (unpaired) electrons. The third kappa shape index (κ3) is 2.96. The lowest BCUT2D eigenvalue weighted by Crippen LogP contribution is -2.52. The molecule has 19 heavy (non-hydrogen) atoms. The maximum absolute atomic E-state index is 6.48. The third-order valence-corrected chi connectivity index (χ3v) is 4.85. The van der Waals surface area contributed by atoms with Gasteiger partial charge in [0.1, 0.15) is 0 Å². The van der Waals surface area contributed by atoms with E-state index in [1.165, 1.54) is 31.2 Å². The number of benzene rings is 1. The SMILES string of the molecule is CC1CCC2(CC1)CNCC(c1ccc(Cl)cc1)O2. The predicted octanol–water partition coefficient (Wildman–Crippen LogP) is 3.95. The minimum atomic E-state index is 0.0645. The number of hydrogen-bond donors (Lipinski definition) is 1. The summed E-state index contributed by atoms with van der Waals surface area (Å²) in [7, 11) is 0. The van der Waals surface area contributed by atoms with Gasteiger partial charge in [-0.05, 0) is 49.3 Å². The summed E-state index contributed by atoms with van der Waals surface area (Å²) in [4.78, 5) is 0. The van der Waals surface area contributed by atoms with E-state index in [1.807, 2.05) is 12.1 Å². The zero-order valence-corrected chi connectivity index (χ0v) is 12.2. The van der Waals surface area contributed by atoms with E-state index in [1.54, 1.807) is 0 Å². The van der Waals surface area contributed by atoms with Gasteiger partial charge >= 0.3 is 0 Å². The van der Waals surface area contributed by atoms with Gasteiger partial charge in [0, 0.05) is 18.1 Å². The Balaban J connectivity index is 1.72. The monoisotopic (exact) mass is 279 g/mol. The normalized spacial score (nSPS) is 35.5. The van der Waals surface area contributed by atoms with E-state index < -0.39 is 0 Å². The molecule has 3 rings (SSSR count). The van der Waals surface area contributed by atoms with E-state index in [0.717, 1.165) is 24.0 Å². The molecule has 2 aliphatic rings. The smallest absolute Gasteiger partial charge is 0.0957 e. The topological polar surface area (TPSA) is 21.3 Å². The Morgan fingerprint density at radius 1 is 1.21 bits per heavy atom. The first-order chi connectivity index (χ1) is 9.17. The van der Waals surface area contributed by atoms with Crippen LogP contribution in [0, 0.1) is 5.92 Å². The third-order valence-electron chi connectivity index (χ3n) is 4.60. The van der Waals surface area contributed by atoms with Gasteiger partial charge in [-0.2, -0.15) is 0 Å². The van der Waals surface area contributed by atoms with E-state index in [0.29, 0.717) is 0 Å². The van der Waals surface area contributed by atoms with Crippen LogP contribution in [0.1, 0.15) is 44.3 Å². The Morgan fingerprint density at radius 3 is 2.58 bits per heavy atom. The second kappa shape index (κ2) is 5.43. The summed E-state index contributed by atoms with van der Waals surface area (Å²) in [5.41, 5.74) is 1.30. The highest BCUT2D eigenvalue weighted by Gasteiger charge is 2.39. The average Bonchev–Trinajstić information content (AvgIpc) is 2.44. The summed E-state index contributed by atoms with van der Waals surface area (Å²) in [5.74, 6) is 0.852. The molecule has 1 aromatic carbocycles. The average molecular weight is 280 g/mol. The van der Waals surface area contributed by atoms with Crippen molar-refractivity contribution in [2.24, 2.45) is 5.92 Å². The van der Waals surface area contributed by atoms with Gasteiger partial charge in [0.2, 0.25) is 0 Å². The summed E-state index contributed by atoms with van der Waals surface area (Å²) in [6.45, 7) is 4.25. The van der Waals surface area contributed by atoms with Crippen molar-refractivity contribution in [3.63, 3.8) is 0 Å². The van der Waals surface area contributed by atoms with E-state index >= 15 is 0 Å². The molecule has 0 amide bonds. The van der Waals surface area contributed by atoms with Crippen LogP contribution in [0.2, 0.25) is 5.02 Å². The molecule has 3 heteroatoms. The maximum atomic E-state index is 6.48. The summed E-state index contributed by atoms with van der Waals surface area (Å²) in [6, 6.07) is 8.06. The zero-order chi connectivity index (χ0) is 13.3. The first-order valence-electron chi connectivity index (χ1n) is 7.31. The molecule has 1 aliphatic heterocycles. The molecule has 1 aliphatic carbocycles. The van der Waals surface area contributed by atoms with E-state index in [2.05, 4.69) is 24.4 Å². The maximum Gasteiger partial charge on any atom is 0.0957 e. The van der Waals surface area contributed by atoms with Gasteiger partial charge in [-0.1, -0.05) is 30.7 Å². The van der Waals surface area contributed by atoms with Gasteiger partial charge in [0.05, 0.1) is 11.7 Å². The van der Waals surface area contributed by atoms with Crippen LogP contribution in [0.5, 0.6) is 0 Å². The fourth-order valence-corrected chi connectivity index (χ4v) is 3.39. The zero-order valence-electron chi connectivity index (χ0n) is 11.5. The van der Waals surface area contributed by atoms with Crippen LogP contribution in [0.4, 0.5) is 0 Å². The lowest BCUT2D eigenvalue weighted by atomic mass is 9.78. The Bertz CT molecular complexity index is 423. The minimum absolute atomic E-state index is 0.0645. The van der Waals surface area contributed by atoms with Gasteiger partial charge in [-0.3, -0.25) is 0 Å². The van der Waals surface area contributed by atoms with Crippen molar-refractivity contribution in [3.8, 4) is 0 Å². The number of rotatable bonds is 1. The number of nitrogens with one attached hydrogen (secondary N) is 1. The van der Waals surface area contributed by atoms with E-state index in [4.69, 9.17) is 16.3 Å². The standard InChI is InChI=1S/C16H22ClNO/c1-12-6-8-16(9-7-12)11-18-10-15(19-16)13-2-4-14(17)5-3-13/h2-5,12,15,18H,6-11H2,1H3. The fraction of sp³-hybridized carbons (Fsp3) is 0.625. The lowest BCUT2D eigenvalue weighted by Gasteiger charge is -2.45. The minimum Gasteiger partial charge on any atom is -0.364 e. The number of ether oxygens (including phenoxy) is 1. The van der Waals surface area contributed by atoms with Crippen LogP contribution < -0.4 is 5.32 Å². The first-order valence-corrected chi connectivity index (χ1v) is 7.69. The van der Waals surface area contributed by atoms with Gasteiger partial charge in [-0.25, -0.2) is 0 Å². The van der Waals surface area contributed by atoms with Crippen LogP contribution >= 0.6 is 11.6 Å². The quantitative estimate of drug-likeness (QED) is 0.840. The molecule has 1 N–H and O–H groups in total. The van der Waals surface area contributed by atoms with Crippen molar-refractivity contribution in [1.82, 2.24) is 5.32 Å². The highest BCUT2D eigenvalue weighted by Crippen LogP contribution is 2.39. The number of morpholine rings is 1. The van der Waals surface area contributed by atoms with Crippen LogP contribution in [-0.4, -0.2) is 18.7 Å². The second-order valence-corrected chi connectivity index (χ2v) is 6.59. The van der Waals surface area contributed by atoms with Crippen molar-refractivity contribution in [3.05, 3.63) is 34.9 Å². The molecular weight excluding hydrogens is 258 g/mol. The Hall–Kier alpha value is -0.570. The number of hydrogen-bond acceptors (Lipinski definition) is 2. The number of halogens is 1. The summed E-state index contributed by atoms with van der Waals surface area (Å²) in [5, 5.41) is 4.35. The van der Waals surface area contributed by atoms with Crippen molar-refractivity contribution >= 4 is 11.6 Å². The van der Waals surface area contributed by atoms with Gasteiger partial charge in [0.25, 0.3) is 0 Å². The molecule has 0 bridgehead atoms. The van der Waals surface area contributed by atoms with Gasteiger partial charge in [0.15, 0.2) is 0 Å². The van der Waals surface area contributed by atoms with Crippen molar-refractivity contribution in [2.75, 3.05) is 13.1 Å². The van der Waals surface area contributed by atoms with Crippen molar-refractivity contribution in [1.29, 1.82) is 0 Å². The highest BCUT2D eigenvalue weighted by molar-refractivity contribution is 6.30. The largest absolute Gasteiger partial charge is 0.364 e. The summed E-state index contributed by atoms with van der Waals surface area (Å²) in [6.07, 6.45) is 5.11.